The molecule has 1 atom stereocenters. The molecule has 1 aromatic heterocycles. The van der Waals surface area contributed by atoms with Gasteiger partial charge in [-0.25, -0.2) is 8.42 Å². The van der Waals surface area contributed by atoms with Gasteiger partial charge in [-0.2, -0.15) is 0 Å². The van der Waals surface area contributed by atoms with E-state index >= 15 is 0 Å². The van der Waals surface area contributed by atoms with Crippen molar-refractivity contribution in [3.63, 3.8) is 0 Å². The summed E-state index contributed by atoms with van der Waals surface area (Å²) in [4.78, 5) is 12.3. The van der Waals surface area contributed by atoms with Gasteiger partial charge < -0.3 is 14.5 Å². The fourth-order valence-electron chi connectivity index (χ4n) is 3.26. The van der Waals surface area contributed by atoms with E-state index in [-0.39, 0.29) is 22.7 Å². The van der Waals surface area contributed by atoms with Gasteiger partial charge in [0.2, 0.25) is 0 Å². The Morgan fingerprint density at radius 2 is 1.89 bits per heavy atom. The Morgan fingerprint density at radius 1 is 1.11 bits per heavy atom. The summed E-state index contributed by atoms with van der Waals surface area (Å²) < 4.78 is 34.5. The van der Waals surface area contributed by atoms with Crippen LogP contribution >= 0.6 is 0 Å². The van der Waals surface area contributed by atoms with E-state index in [4.69, 9.17) is 9.15 Å². The molecule has 1 amide bonds. The predicted octanol–water partition coefficient (Wildman–Crippen LogP) is 3.08. The van der Waals surface area contributed by atoms with Gasteiger partial charge in [0, 0.05) is 18.2 Å². The zero-order valence-electron chi connectivity index (χ0n) is 15.2. The lowest BCUT2D eigenvalue weighted by Gasteiger charge is -2.13. The Morgan fingerprint density at radius 3 is 2.57 bits per heavy atom. The molecule has 0 saturated carbocycles. The molecule has 1 aliphatic heterocycles. The number of sulfone groups is 1. The second-order valence-corrected chi connectivity index (χ2v) is 8.74. The largest absolute Gasteiger partial charge is 0.487 e. The van der Waals surface area contributed by atoms with E-state index in [1.54, 1.807) is 36.4 Å². The molecular formula is C21H19NO5S. The molecule has 0 radical (unpaired) electrons. The summed E-state index contributed by atoms with van der Waals surface area (Å²) in [5, 5.41) is 2.82. The van der Waals surface area contributed by atoms with Crippen LogP contribution in [0, 0.1) is 0 Å². The molecule has 0 bridgehead atoms. The highest BCUT2D eigenvalue weighted by atomic mass is 32.2. The molecule has 2 heterocycles. The van der Waals surface area contributed by atoms with Crippen molar-refractivity contribution in [2.45, 2.75) is 17.4 Å². The van der Waals surface area contributed by atoms with Crippen molar-refractivity contribution < 1.29 is 22.4 Å². The van der Waals surface area contributed by atoms with Gasteiger partial charge in [0.05, 0.1) is 17.7 Å². The van der Waals surface area contributed by atoms with Crippen LogP contribution in [0.1, 0.15) is 16.1 Å². The highest BCUT2D eigenvalue weighted by Crippen LogP contribution is 2.38. The van der Waals surface area contributed by atoms with Crippen molar-refractivity contribution in [3.8, 4) is 16.9 Å². The van der Waals surface area contributed by atoms with Crippen LogP contribution in [-0.4, -0.2) is 33.2 Å². The lowest BCUT2D eigenvalue weighted by molar-refractivity contribution is 0.0906. The summed E-state index contributed by atoms with van der Waals surface area (Å²) >= 11 is 0. The van der Waals surface area contributed by atoms with E-state index in [1.165, 1.54) is 12.5 Å². The van der Waals surface area contributed by atoms with E-state index in [2.05, 4.69) is 5.32 Å². The molecule has 4 rings (SSSR count). The number of fused-ring (bicyclic) bond motifs is 1. The molecule has 144 valence electrons. The number of amides is 1. The molecule has 0 saturated heterocycles. The number of carbonyl (C=O) groups excluding carboxylic acids is 1. The summed E-state index contributed by atoms with van der Waals surface area (Å²) in [5.41, 5.74) is 2.84. The second-order valence-electron chi connectivity index (χ2n) is 6.72. The number of para-hydroxylation sites is 1. The molecule has 28 heavy (non-hydrogen) atoms. The molecule has 0 aliphatic carbocycles. The van der Waals surface area contributed by atoms with Crippen molar-refractivity contribution in [3.05, 3.63) is 72.2 Å². The Labute approximate surface area is 163 Å². The van der Waals surface area contributed by atoms with Crippen LogP contribution < -0.4 is 10.1 Å². The van der Waals surface area contributed by atoms with E-state index in [0.717, 1.165) is 22.4 Å². The van der Waals surface area contributed by atoms with Crippen molar-refractivity contribution in [1.82, 2.24) is 5.32 Å². The average Bonchev–Trinajstić information content (AvgIpc) is 3.34. The number of furan rings is 1. The molecule has 0 fully saturated rings. The minimum absolute atomic E-state index is 0.176. The number of nitrogens with one attached hydrogen (secondary N) is 1. The number of rotatable bonds is 5. The first kappa shape index (κ1) is 18.3. The van der Waals surface area contributed by atoms with Gasteiger partial charge in [0.25, 0.3) is 5.91 Å². The minimum Gasteiger partial charge on any atom is -0.487 e. The molecule has 0 spiro atoms. The van der Waals surface area contributed by atoms with Crippen molar-refractivity contribution in [2.75, 3.05) is 12.8 Å². The van der Waals surface area contributed by atoms with Crippen LogP contribution in [0.4, 0.5) is 0 Å². The van der Waals surface area contributed by atoms with E-state index in [0.29, 0.717) is 13.0 Å². The van der Waals surface area contributed by atoms with Crippen LogP contribution in [0.15, 0.2) is 70.2 Å². The quantitative estimate of drug-likeness (QED) is 0.715. The Kier molecular flexibility index (Phi) is 4.68. The minimum atomic E-state index is -3.24. The molecular weight excluding hydrogens is 378 g/mol. The molecule has 6 nitrogen and oxygen atoms in total. The normalized spacial score (nSPS) is 15.7. The van der Waals surface area contributed by atoms with Crippen molar-refractivity contribution in [1.29, 1.82) is 0 Å². The zero-order valence-corrected chi connectivity index (χ0v) is 16.0. The average molecular weight is 397 g/mol. The first-order valence-electron chi connectivity index (χ1n) is 8.82. The number of benzene rings is 2. The van der Waals surface area contributed by atoms with Gasteiger partial charge in [-0.15, -0.1) is 0 Å². The Hall–Kier alpha value is -3.06. The Bertz CT molecular complexity index is 1100. The SMILES string of the molecule is CS(=O)(=O)c1ccc(-c2cccc3c2OC(CNC(=O)c2ccco2)C3)cc1. The predicted molar refractivity (Wildman–Crippen MR) is 104 cm³/mol. The third-order valence-electron chi connectivity index (χ3n) is 4.66. The number of hydrogen-bond acceptors (Lipinski definition) is 5. The number of ether oxygens (including phenoxy) is 1. The molecule has 3 aromatic rings. The number of hydrogen-bond donors (Lipinski definition) is 1. The van der Waals surface area contributed by atoms with Crippen LogP contribution in [0.2, 0.25) is 0 Å². The van der Waals surface area contributed by atoms with Gasteiger partial charge in [-0.05, 0) is 35.4 Å². The van der Waals surface area contributed by atoms with Crippen LogP contribution in [0.5, 0.6) is 5.75 Å². The highest BCUT2D eigenvalue weighted by molar-refractivity contribution is 7.90. The van der Waals surface area contributed by atoms with Gasteiger partial charge in [-0.1, -0.05) is 30.3 Å². The van der Waals surface area contributed by atoms with Gasteiger partial charge >= 0.3 is 0 Å². The standard InChI is InChI=1S/C21H19NO5S/c1-28(24,25)17-9-7-14(8-10-17)18-5-2-4-15-12-16(27-20(15)18)13-22-21(23)19-6-3-11-26-19/h2-11,16H,12-13H2,1H3,(H,22,23). The van der Waals surface area contributed by atoms with E-state index in [1.807, 2.05) is 18.2 Å². The van der Waals surface area contributed by atoms with Gasteiger partial charge in [-0.3, -0.25) is 4.79 Å². The fourth-order valence-corrected chi connectivity index (χ4v) is 3.89. The maximum Gasteiger partial charge on any atom is 0.287 e. The van der Waals surface area contributed by atoms with Crippen LogP contribution in [0.3, 0.4) is 0 Å². The topological polar surface area (TPSA) is 85.6 Å². The summed E-state index contributed by atoms with van der Waals surface area (Å²) in [5.74, 6) is 0.759. The van der Waals surface area contributed by atoms with Gasteiger partial charge in [0.15, 0.2) is 15.6 Å². The van der Waals surface area contributed by atoms with Crippen molar-refractivity contribution in [2.24, 2.45) is 0 Å². The van der Waals surface area contributed by atoms with Crippen LogP contribution in [-0.2, 0) is 16.3 Å². The molecule has 7 heteroatoms. The summed E-state index contributed by atoms with van der Waals surface area (Å²) in [6, 6.07) is 15.9. The zero-order chi connectivity index (χ0) is 19.7. The summed E-state index contributed by atoms with van der Waals surface area (Å²) in [7, 11) is -3.24. The van der Waals surface area contributed by atoms with E-state index < -0.39 is 9.84 Å². The molecule has 1 aliphatic rings. The Balaban J connectivity index is 1.50. The third-order valence-corrected chi connectivity index (χ3v) is 5.79. The first-order valence-corrected chi connectivity index (χ1v) is 10.7. The highest BCUT2D eigenvalue weighted by Gasteiger charge is 2.26. The molecule has 1 N–H and O–H groups in total. The molecule has 2 aromatic carbocycles. The van der Waals surface area contributed by atoms with Crippen molar-refractivity contribution >= 4 is 15.7 Å². The first-order chi connectivity index (χ1) is 13.4. The smallest absolute Gasteiger partial charge is 0.287 e. The molecule has 1 unspecified atom stereocenters. The second kappa shape index (κ2) is 7.16. The summed E-state index contributed by atoms with van der Waals surface area (Å²) in [6.07, 6.45) is 3.15. The van der Waals surface area contributed by atoms with Gasteiger partial charge in [0.1, 0.15) is 11.9 Å². The summed E-state index contributed by atoms with van der Waals surface area (Å²) in [6.45, 7) is 0.362. The number of carbonyl (C=O) groups is 1. The lowest BCUT2D eigenvalue weighted by Crippen LogP contribution is -2.34. The third kappa shape index (κ3) is 3.66. The van der Waals surface area contributed by atoms with Crippen LogP contribution in [0.25, 0.3) is 11.1 Å². The monoisotopic (exact) mass is 397 g/mol. The van der Waals surface area contributed by atoms with E-state index in [9.17, 15) is 13.2 Å². The maximum atomic E-state index is 12.0. The maximum absolute atomic E-state index is 12.0. The lowest BCUT2D eigenvalue weighted by atomic mass is 10.0. The fraction of sp³-hybridized carbons (Fsp3) is 0.190.